The summed E-state index contributed by atoms with van der Waals surface area (Å²) in [5.74, 6) is 1.18. The van der Waals surface area contributed by atoms with E-state index < -0.39 is 0 Å². The predicted octanol–water partition coefficient (Wildman–Crippen LogP) is 0.634. The number of amides is 1. The van der Waals surface area contributed by atoms with Crippen LogP contribution in [0.5, 0.6) is 11.5 Å². The molecular weight excluding hydrogens is 232 g/mol. The minimum absolute atomic E-state index is 0.0209. The normalized spacial score (nSPS) is 18.8. The van der Waals surface area contributed by atoms with Crippen LogP contribution >= 0.6 is 0 Å². The number of carbonyl (C=O) groups is 1. The Morgan fingerprint density at radius 3 is 2.78 bits per heavy atom. The van der Waals surface area contributed by atoms with Crippen molar-refractivity contribution in [2.75, 3.05) is 26.8 Å². The van der Waals surface area contributed by atoms with E-state index >= 15 is 0 Å². The molecule has 2 N–H and O–H groups in total. The quantitative estimate of drug-likeness (QED) is 0.851. The first-order valence-corrected chi connectivity index (χ1v) is 6.00. The average Bonchev–Trinajstić information content (AvgIpc) is 2.83. The van der Waals surface area contributed by atoms with Crippen LogP contribution in [0.1, 0.15) is 6.42 Å². The Hall–Kier alpha value is -1.75. The van der Waals surface area contributed by atoms with Gasteiger partial charge in [-0.15, -0.1) is 0 Å². The van der Waals surface area contributed by atoms with E-state index in [1.165, 1.54) is 0 Å². The fourth-order valence-electron chi connectivity index (χ4n) is 1.98. The molecule has 0 saturated carbocycles. The van der Waals surface area contributed by atoms with E-state index in [0.29, 0.717) is 18.0 Å². The fourth-order valence-corrected chi connectivity index (χ4v) is 1.98. The number of nitrogens with two attached hydrogens (primary N) is 1. The number of ether oxygens (including phenoxy) is 2. The molecule has 5 nitrogen and oxygen atoms in total. The third kappa shape index (κ3) is 2.92. The summed E-state index contributed by atoms with van der Waals surface area (Å²) >= 11 is 0. The summed E-state index contributed by atoms with van der Waals surface area (Å²) in [5, 5.41) is 0. The molecule has 1 unspecified atom stereocenters. The Labute approximate surface area is 106 Å². The molecule has 18 heavy (non-hydrogen) atoms. The number of nitrogens with zero attached hydrogens (tertiary/aromatic N) is 1. The van der Waals surface area contributed by atoms with Gasteiger partial charge in [0.2, 0.25) is 0 Å². The van der Waals surface area contributed by atoms with Crippen LogP contribution < -0.4 is 15.2 Å². The summed E-state index contributed by atoms with van der Waals surface area (Å²) in [6, 6.07) is 7.37. The lowest BCUT2D eigenvalue weighted by Gasteiger charge is -2.16. The molecule has 5 heteroatoms. The molecule has 2 rings (SSSR count). The minimum Gasteiger partial charge on any atom is -0.493 e. The number of likely N-dealkylation sites (tertiary alicyclic amines) is 1. The van der Waals surface area contributed by atoms with Gasteiger partial charge in [-0.1, -0.05) is 12.1 Å². The summed E-state index contributed by atoms with van der Waals surface area (Å²) in [6.45, 7) is 1.36. The molecule has 1 aliphatic heterocycles. The number of benzene rings is 1. The van der Waals surface area contributed by atoms with Gasteiger partial charge in [-0.25, -0.2) is 0 Å². The van der Waals surface area contributed by atoms with Crippen molar-refractivity contribution >= 4 is 5.91 Å². The van der Waals surface area contributed by atoms with Crippen LogP contribution in [-0.4, -0.2) is 43.7 Å². The monoisotopic (exact) mass is 250 g/mol. The van der Waals surface area contributed by atoms with Crippen molar-refractivity contribution in [3.05, 3.63) is 24.3 Å². The second-order valence-electron chi connectivity index (χ2n) is 4.33. The van der Waals surface area contributed by atoms with Crippen LogP contribution in [0.3, 0.4) is 0 Å². The molecule has 98 valence electrons. The number of carbonyl (C=O) groups excluding carboxylic acids is 1. The lowest BCUT2D eigenvalue weighted by atomic mass is 10.3. The predicted molar refractivity (Wildman–Crippen MR) is 67.7 cm³/mol. The van der Waals surface area contributed by atoms with E-state index in [4.69, 9.17) is 15.2 Å². The molecule has 1 fully saturated rings. The van der Waals surface area contributed by atoms with Crippen LogP contribution in [0.15, 0.2) is 24.3 Å². The largest absolute Gasteiger partial charge is 0.493 e. The first kappa shape index (κ1) is 12.7. The van der Waals surface area contributed by atoms with Gasteiger partial charge < -0.3 is 20.1 Å². The van der Waals surface area contributed by atoms with Gasteiger partial charge in [0.1, 0.15) is 0 Å². The molecule has 1 aromatic carbocycles. The zero-order valence-corrected chi connectivity index (χ0v) is 10.5. The Bertz CT molecular complexity index is 422. The van der Waals surface area contributed by atoms with Crippen molar-refractivity contribution in [2.24, 2.45) is 5.73 Å². The van der Waals surface area contributed by atoms with E-state index in [2.05, 4.69) is 0 Å². The second kappa shape index (κ2) is 5.73. The van der Waals surface area contributed by atoms with Gasteiger partial charge >= 0.3 is 0 Å². The van der Waals surface area contributed by atoms with Crippen LogP contribution in [0.4, 0.5) is 0 Å². The lowest BCUT2D eigenvalue weighted by molar-refractivity contribution is -0.132. The first-order valence-electron chi connectivity index (χ1n) is 6.00. The lowest BCUT2D eigenvalue weighted by Crippen LogP contribution is -2.35. The summed E-state index contributed by atoms with van der Waals surface area (Å²) in [5.41, 5.74) is 5.76. The molecule has 1 aromatic rings. The third-order valence-corrected chi connectivity index (χ3v) is 3.00. The standard InChI is InChI=1S/C13H18N2O3/c1-17-11-4-2-3-5-12(11)18-9-13(16)15-7-6-10(14)8-15/h2-5,10H,6-9,14H2,1H3. The highest BCUT2D eigenvalue weighted by Gasteiger charge is 2.23. The highest BCUT2D eigenvalue weighted by molar-refractivity contribution is 5.78. The molecule has 0 aliphatic carbocycles. The van der Waals surface area contributed by atoms with Crippen LogP contribution in [0.25, 0.3) is 0 Å². The van der Waals surface area contributed by atoms with Gasteiger partial charge in [0.05, 0.1) is 7.11 Å². The van der Waals surface area contributed by atoms with Gasteiger partial charge in [-0.3, -0.25) is 4.79 Å². The van der Waals surface area contributed by atoms with Gasteiger partial charge in [-0.05, 0) is 18.6 Å². The van der Waals surface area contributed by atoms with E-state index in [9.17, 15) is 4.79 Å². The maximum absolute atomic E-state index is 11.9. The van der Waals surface area contributed by atoms with E-state index in [1.807, 2.05) is 12.1 Å². The molecule has 1 heterocycles. The van der Waals surface area contributed by atoms with Crippen LogP contribution in [0.2, 0.25) is 0 Å². The molecule has 0 bridgehead atoms. The van der Waals surface area contributed by atoms with E-state index in [1.54, 1.807) is 24.1 Å². The van der Waals surface area contributed by atoms with Crippen LogP contribution in [0, 0.1) is 0 Å². The Kier molecular flexibility index (Phi) is 4.04. The van der Waals surface area contributed by atoms with Gasteiger partial charge in [0.15, 0.2) is 18.1 Å². The highest BCUT2D eigenvalue weighted by Crippen LogP contribution is 2.25. The Morgan fingerprint density at radius 2 is 2.17 bits per heavy atom. The van der Waals surface area contributed by atoms with Gasteiger partial charge in [0, 0.05) is 19.1 Å². The third-order valence-electron chi connectivity index (χ3n) is 3.00. The number of rotatable bonds is 4. The van der Waals surface area contributed by atoms with Crippen molar-refractivity contribution in [2.45, 2.75) is 12.5 Å². The Balaban J connectivity index is 1.89. The molecular formula is C13H18N2O3. The smallest absolute Gasteiger partial charge is 0.260 e. The van der Waals surface area contributed by atoms with Crippen molar-refractivity contribution in [3.63, 3.8) is 0 Å². The van der Waals surface area contributed by atoms with Crippen LogP contribution in [-0.2, 0) is 4.79 Å². The SMILES string of the molecule is COc1ccccc1OCC(=O)N1CCC(N)C1. The molecule has 1 aliphatic rings. The van der Waals surface area contributed by atoms with Crippen molar-refractivity contribution < 1.29 is 14.3 Å². The maximum atomic E-state index is 11.9. The molecule has 1 amide bonds. The number of hydrogen-bond acceptors (Lipinski definition) is 4. The maximum Gasteiger partial charge on any atom is 0.260 e. The number of para-hydroxylation sites is 2. The first-order chi connectivity index (χ1) is 8.70. The number of methoxy groups -OCH3 is 1. The van der Waals surface area contributed by atoms with Crippen molar-refractivity contribution in [1.29, 1.82) is 0 Å². The van der Waals surface area contributed by atoms with Gasteiger partial charge in [0.25, 0.3) is 5.91 Å². The fraction of sp³-hybridized carbons (Fsp3) is 0.462. The molecule has 0 aromatic heterocycles. The minimum atomic E-state index is -0.0335. The highest BCUT2D eigenvalue weighted by atomic mass is 16.5. The number of hydrogen-bond donors (Lipinski definition) is 1. The summed E-state index contributed by atoms with van der Waals surface area (Å²) in [6.07, 6.45) is 0.862. The van der Waals surface area contributed by atoms with Crippen molar-refractivity contribution in [1.82, 2.24) is 4.90 Å². The molecule has 0 radical (unpaired) electrons. The van der Waals surface area contributed by atoms with Gasteiger partial charge in [-0.2, -0.15) is 0 Å². The summed E-state index contributed by atoms with van der Waals surface area (Å²) < 4.78 is 10.6. The topological polar surface area (TPSA) is 64.8 Å². The summed E-state index contributed by atoms with van der Waals surface area (Å²) in [7, 11) is 1.57. The summed E-state index contributed by atoms with van der Waals surface area (Å²) in [4.78, 5) is 13.6. The molecule has 1 saturated heterocycles. The molecule has 1 atom stereocenters. The van der Waals surface area contributed by atoms with E-state index in [-0.39, 0.29) is 18.6 Å². The zero-order chi connectivity index (χ0) is 13.0. The van der Waals surface area contributed by atoms with E-state index in [0.717, 1.165) is 13.0 Å². The van der Waals surface area contributed by atoms with Crippen molar-refractivity contribution in [3.8, 4) is 11.5 Å². The average molecular weight is 250 g/mol. The molecule has 0 spiro atoms. The second-order valence-corrected chi connectivity index (χ2v) is 4.33. The Morgan fingerprint density at radius 1 is 1.44 bits per heavy atom. The zero-order valence-electron chi connectivity index (χ0n) is 10.5.